The molecule has 0 radical (unpaired) electrons. The highest BCUT2D eigenvalue weighted by molar-refractivity contribution is 7.98. The minimum Gasteiger partial charge on any atom is -0.322 e. The predicted molar refractivity (Wildman–Crippen MR) is 91.6 cm³/mol. The molecule has 112 valence electrons. The van der Waals surface area contributed by atoms with Crippen molar-refractivity contribution in [2.45, 2.75) is 24.8 Å². The van der Waals surface area contributed by atoms with E-state index >= 15 is 0 Å². The van der Waals surface area contributed by atoms with Crippen LogP contribution < -0.4 is 5.32 Å². The van der Waals surface area contributed by atoms with E-state index < -0.39 is 0 Å². The van der Waals surface area contributed by atoms with Gasteiger partial charge < -0.3 is 5.32 Å². The van der Waals surface area contributed by atoms with Crippen LogP contribution in [0.25, 0.3) is 0 Å². The van der Waals surface area contributed by atoms with E-state index in [2.05, 4.69) is 64.7 Å². The number of nitrogens with zero attached hydrogens (tertiary/aromatic N) is 2. The number of aryl methyl sites for hydroxylation is 2. The molecule has 2 N–H and O–H groups in total. The van der Waals surface area contributed by atoms with Gasteiger partial charge in [0.25, 0.3) is 0 Å². The Kier molecular flexibility index (Phi) is 4.44. The van der Waals surface area contributed by atoms with Gasteiger partial charge >= 0.3 is 0 Å². The summed E-state index contributed by atoms with van der Waals surface area (Å²) in [5, 5.41) is 11.3. The molecule has 0 unspecified atom stereocenters. The van der Waals surface area contributed by atoms with Gasteiger partial charge in [-0.15, -0.1) is 5.10 Å². The Labute approximate surface area is 134 Å². The Morgan fingerprint density at radius 3 is 2.45 bits per heavy atom. The summed E-state index contributed by atoms with van der Waals surface area (Å²) in [7, 11) is 0. The summed E-state index contributed by atoms with van der Waals surface area (Å²) in [6.07, 6.45) is 0. The van der Waals surface area contributed by atoms with Crippen LogP contribution in [0.5, 0.6) is 0 Å². The van der Waals surface area contributed by atoms with Crippen molar-refractivity contribution >= 4 is 23.4 Å². The summed E-state index contributed by atoms with van der Waals surface area (Å²) in [6, 6.07) is 16.5. The molecule has 22 heavy (non-hydrogen) atoms. The molecule has 0 bridgehead atoms. The first-order valence-corrected chi connectivity index (χ1v) is 8.13. The molecule has 5 heteroatoms. The molecule has 1 heterocycles. The van der Waals surface area contributed by atoms with E-state index in [9.17, 15) is 0 Å². The molecular formula is C17H18N4S. The topological polar surface area (TPSA) is 53.6 Å². The maximum atomic E-state index is 4.49. The van der Waals surface area contributed by atoms with Crippen molar-refractivity contribution in [3.63, 3.8) is 0 Å². The fourth-order valence-corrected chi connectivity index (χ4v) is 2.97. The third-order valence-corrected chi connectivity index (χ3v) is 4.33. The Balaban J connectivity index is 1.66. The Hall–Kier alpha value is -2.27. The SMILES string of the molecule is Cc1cccc(C)c1Nc1n[nH]c(SCc2ccccc2)n1. The van der Waals surface area contributed by atoms with E-state index in [-0.39, 0.29) is 0 Å². The number of hydrogen-bond acceptors (Lipinski definition) is 4. The van der Waals surface area contributed by atoms with Crippen LogP contribution in [-0.2, 0) is 5.75 Å². The third-order valence-electron chi connectivity index (χ3n) is 3.40. The number of para-hydroxylation sites is 1. The normalized spacial score (nSPS) is 10.6. The molecule has 0 spiro atoms. The van der Waals surface area contributed by atoms with Crippen LogP contribution in [-0.4, -0.2) is 15.2 Å². The summed E-state index contributed by atoms with van der Waals surface area (Å²) in [4.78, 5) is 4.49. The number of H-pyrrole nitrogens is 1. The first kappa shape index (κ1) is 14.7. The summed E-state index contributed by atoms with van der Waals surface area (Å²) in [5.74, 6) is 1.48. The number of aromatic nitrogens is 3. The second-order valence-corrected chi connectivity index (χ2v) is 6.09. The zero-order valence-electron chi connectivity index (χ0n) is 12.6. The van der Waals surface area contributed by atoms with Gasteiger partial charge in [-0.3, -0.25) is 5.10 Å². The summed E-state index contributed by atoms with van der Waals surface area (Å²) >= 11 is 1.64. The van der Waals surface area contributed by atoms with Crippen LogP contribution in [0, 0.1) is 13.8 Å². The number of aromatic amines is 1. The number of anilines is 2. The van der Waals surface area contributed by atoms with E-state index in [1.807, 2.05) is 18.2 Å². The van der Waals surface area contributed by atoms with Crippen molar-refractivity contribution < 1.29 is 0 Å². The quantitative estimate of drug-likeness (QED) is 0.683. The Morgan fingerprint density at radius 2 is 1.73 bits per heavy atom. The number of nitrogens with one attached hydrogen (secondary N) is 2. The van der Waals surface area contributed by atoms with Crippen LogP contribution in [0.3, 0.4) is 0 Å². The fourth-order valence-electron chi connectivity index (χ4n) is 2.22. The molecule has 4 nitrogen and oxygen atoms in total. The number of hydrogen-bond donors (Lipinski definition) is 2. The molecule has 3 aromatic rings. The molecule has 3 rings (SSSR count). The Bertz CT molecular complexity index is 732. The lowest BCUT2D eigenvalue weighted by atomic mass is 10.1. The average molecular weight is 310 g/mol. The van der Waals surface area contributed by atoms with Gasteiger partial charge in [-0.2, -0.15) is 4.98 Å². The van der Waals surface area contributed by atoms with Crippen LogP contribution >= 0.6 is 11.8 Å². The number of rotatable bonds is 5. The van der Waals surface area contributed by atoms with Crippen LogP contribution in [0.15, 0.2) is 53.7 Å². The minimum absolute atomic E-state index is 0.605. The van der Waals surface area contributed by atoms with E-state index in [0.717, 1.165) is 16.6 Å². The summed E-state index contributed by atoms with van der Waals surface area (Å²) in [6.45, 7) is 4.15. The molecule has 0 atom stereocenters. The van der Waals surface area contributed by atoms with Crippen molar-refractivity contribution in [1.29, 1.82) is 0 Å². The fraction of sp³-hybridized carbons (Fsp3) is 0.176. The second kappa shape index (κ2) is 6.66. The molecule has 0 fully saturated rings. The molecule has 0 amide bonds. The van der Waals surface area contributed by atoms with Gasteiger partial charge in [0.05, 0.1) is 0 Å². The van der Waals surface area contributed by atoms with Crippen molar-refractivity contribution in [2.75, 3.05) is 5.32 Å². The lowest BCUT2D eigenvalue weighted by Crippen LogP contribution is -1.97. The second-order valence-electron chi connectivity index (χ2n) is 5.13. The molecule has 0 aliphatic rings. The highest BCUT2D eigenvalue weighted by Crippen LogP contribution is 2.24. The van der Waals surface area contributed by atoms with E-state index in [1.165, 1.54) is 16.7 Å². The third kappa shape index (κ3) is 3.49. The lowest BCUT2D eigenvalue weighted by Gasteiger charge is -2.09. The van der Waals surface area contributed by atoms with Gasteiger partial charge in [-0.1, -0.05) is 60.3 Å². The zero-order chi connectivity index (χ0) is 15.4. The largest absolute Gasteiger partial charge is 0.322 e. The monoisotopic (exact) mass is 310 g/mol. The van der Waals surface area contributed by atoms with Crippen molar-refractivity contribution in [2.24, 2.45) is 0 Å². The molecule has 0 saturated carbocycles. The molecule has 0 saturated heterocycles. The van der Waals surface area contributed by atoms with Crippen molar-refractivity contribution in [3.8, 4) is 0 Å². The number of benzene rings is 2. The average Bonchev–Trinajstić information content (AvgIpc) is 2.98. The highest BCUT2D eigenvalue weighted by Gasteiger charge is 2.07. The minimum atomic E-state index is 0.605. The van der Waals surface area contributed by atoms with E-state index in [0.29, 0.717) is 5.95 Å². The lowest BCUT2D eigenvalue weighted by molar-refractivity contribution is 0.973. The van der Waals surface area contributed by atoms with Gasteiger partial charge in [0.2, 0.25) is 5.95 Å². The van der Waals surface area contributed by atoms with E-state index in [1.54, 1.807) is 11.8 Å². The first-order chi connectivity index (χ1) is 10.7. The van der Waals surface area contributed by atoms with Gasteiger partial charge in [0.15, 0.2) is 5.16 Å². The predicted octanol–water partition coefficient (Wildman–Crippen LogP) is 4.46. The molecular weight excluding hydrogens is 292 g/mol. The van der Waals surface area contributed by atoms with E-state index in [4.69, 9.17) is 0 Å². The summed E-state index contributed by atoms with van der Waals surface area (Å²) < 4.78 is 0. The number of thioether (sulfide) groups is 1. The Morgan fingerprint density at radius 1 is 1.00 bits per heavy atom. The zero-order valence-corrected chi connectivity index (χ0v) is 13.4. The summed E-state index contributed by atoms with van der Waals surface area (Å²) in [5.41, 5.74) is 4.71. The molecule has 2 aromatic carbocycles. The molecule has 0 aliphatic heterocycles. The smallest absolute Gasteiger partial charge is 0.247 e. The maximum absolute atomic E-state index is 4.49. The highest BCUT2D eigenvalue weighted by atomic mass is 32.2. The van der Waals surface area contributed by atoms with Crippen LogP contribution in [0.1, 0.15) is 16.7 Å². The van der Waals surface area contributed by atoms with Gasteiger partial charge in [0.1, 0.15) is 0 Å². The van der Waals surface area contributed by atoms with Gasteiger partial charge in [-0.05, 0) is 30.5 Å². The standard InChI is InChI=1S/C17H18N4S/c1-12-7-6-8-13(2)15(12)18-16-19-17(21-20-16)22-11-14-9-4-3-5-10-14/h3-10H,11H2,1-2H3,(H2,18,19,20,21). The van der Waals surface area contributed by atoms with Gasteiger partial charge in [0, 0.05) is 11.4 Å². The molecule has 1 aromatic heterocycles. The van der Waals surface area contributed by atoms with Crippen molar-refractivity contribution in [3.05, 3.63) is 65.2 Å². The molecule has 0 aliphatic carbocycles. The van der Waals surface area contributed by atoms with Gasteiger partial charge in [-0.25, -0.2) is 0 Å². The van der Waals surface area contributed by atoms with Crippen LogP contribution in [0.4, 0.5) is 11.6 Å². The van der Waals surface area contributed by atoms with Crippen LogP contribution in [0.2, 0.25) is 0 Å². The van der Waals surface area contributed by atoms with Crippen molar-refractivity contribution in [1.82, 2.24) is 15.2 Å². The first-order valence-electron chi connectivity index (χ1n) is 7.15. The maximum Gasteiger partial charge on any atom is 0.247 e.